The van der Waals surface area contributed by atoms with Crippen molar-refractivity contribution in [3.63, 3.8) is 0 Å². The van der Waals surface area contributed by atoms with Crippen molar-refractivity contribution in [2.24, 2.45) is 11.8 Å². The summed E-state index contributed by atoms with van der Waals surface area (Å²) in [6.45, 7) is 9.42. The normalized spacial score (nSPS) is 41.0. The summed E-state index contributed by atoms with van der Waals surface area (Å²) in [5, 5.41) is 0. The lowest BCUT2D eigenvalue weighted by Crippen LogP contribution is -2.41. The summed E-state index contributed by atoms with van der Waals surface area (Å²) in [4.78, 5) is 2.76. The van der Waals surface area contributed by atoms with Gasteiger partial charge in [-0.2, -0.15) is 0 Å². The average molecular weight is 167 g/mol. The van der Waals surface area contributed by atoms with Crippen molar-refractivity contribution in [1.29, 1.82) is 0 Å². The molecule has 1 saturated heterocycles. The van der Waals surface area contributed by atoms with Gasteiger partial charge in [-0.05, 0) is 38.5 Å². The van der Waals surface area contributed by atoms with E-state index in [-0.39, 0.29) is 0 Å². The van der Waals surface area contributed by atoms with Crippen LogP contribution in [0.2, 0.25) is 0 Å². The molecule has 2 rings (SSSR count). The van der Waals surface area contributed by atoms with Crippen LogP contribution >= 0.6 is 0 Å². The van der Waals surface area contributed by atoms with Crippen molar-refractivity contribution < 1.29 is 0 Å². The summed E-state index contributed by atoms with van der Waals surface area (Å²) in [7, 11) is 0. The second-order valence-electron chi connectivity index (χ2n) is 5.15. The molecule has 1 aliphatic heterocycles. The lowest BCUT2D eigenvalue weighted by molar-refractivity contribution is 0.136. The van der Waals surface area contributed by atoms with Gasteiger partial charge in [0.05, 0.1) is 0 Å². The zero-order valence-electron chi connectivity index (χ0n) is 8.75. The van der Waals surface area contributed by atoms with Gasteiger partial charge in [0.15, 0.2) is 0 Å². The van der Waals surface area contributed by atoms with Crippen LogP contribution in [0.4, 0.5) is 0 Å². The Morgan fingerprint density at radius 3 is 2.17 bits per heavy atom. The molecule has 0 amide bonds. The second kappa shape index (κ2) is 2.73. The lowest BCUT2D eigenvalue weighted by Gasteiger charge is -2.33. The predicted molar refractivity (Wildman–Crippen MR) is 52.1 cm³/mol. The molecular weight excluding hydrogens is 146 g/mol. The van der Waals surface area contributed by atoms with Gasteiger partial charge < -0.3 is 0 Å². The number of hydrogen-bond donors (Lipinski definition) is 0. The quantitative estimate of drug-likeness (QED) is 0.611. The fraction of sp³-hybridized carbons (Fsp3) is 1.00. The lowest BCUT2D eigenvalue weighted by atomic mass is 9.99. The van der Waals surface area contributed by atoms with Gasteiger partial charge in [0.25, 0.3) is 0 Å². The molecule has 1 aliphatic carbocycles. The minimum atomic E-state index is 0.759. The minimum absolute atomic E-state index is 0.759. The van der Waals surface area contributed by atoms with Crippen molar-refractivity contribution in [1.82, 2.24) is 4.90 Å². The van der Waals surface area contributed by atoms with Crippen LogP contribution in [0.25, 0.3) is 0 Å². The van der Waals surface area contributed by atoms with Crippen LogP contribution in [0, 0.1) is 11.8 Å². The van der Waals surface area contributed by atoms with Crippen molar-refractivity contribution in [3.05, 3.63) is 0 Å². The molecule has 0 N–H and O–H groups in total. The fourth-order valence-electron chi connectivity index (χ4n) is 2.91. The van der Waals surface area contributed by atoms with E-state index in [0.717, 1.165) is 30.0 Å². The summed E-state index contributed by atoms with van der Waals surface area (Å²) >= 11 is 0. The molecule has 0 aromatic heterocycles. The van der Waals surface area contributed by atoms with Gasteiger partial charge in [0.1, 0.15) is 0 Å². The first-order chi connectivity index (χ1) is 5.61. The monoisotopic (exact) mass is 167 g/mol. The molecule has 0 radical (unpaired) electrons. The van der Waals surface area contributed by atoms with Gasteiger partial charge >= 0.3 is 0 Å². The third-order valence-electron chi connectivity index (χ3n) is 3.56. The van der Waals surface area contributed by atoms with Crippen LogP contribution in [0.1, 0.15) is 40.5 Å². The number of rotatable bonds is 2. The van der Waals surface area contributed by atoms with Crippen molar-refractivity contribution in [3.8, 4) is 0 Å². The Morgan fingerprint density at radius 2 is 1.75 bits per heavy atom. The third-order valence-corrected chi connectivity index (χ3v) is 3.56. The number of fused-ring (bicyclic) bond motifs is 1. The Kier molecular flexibility index (Phi) is 1.95. The third kappa shape index (κ3) is 1.19. The Balaban J connectivity index is 2.06. The number of piperidine rings is 1. The number of hydrogen-bond acceptors (Lipinski definition) is 1. The summed E-state index contributed by atoms with van der Waals surface area (Å²) in [5.41, 5.74) is 0. The van der Waals surface area contributed by atoms with Crippen LogP contribution in [0.5, 0.6) is 0 Å². The summed E-state index contributed by atoms with van der Waals surface area (Å²) in [6.07, 6.45) is 2.96. The Morgan fingerprint density at radius 1 is 1.08 bits per heavy atom. The van der Waals surface area contributed by atoms with Crippen LogP contribution in [0.3, 0.4) is 0 Å². The average Bonchev–Trinajstić information content (AvgIpc) is 2.60. The van der Waals surface area contributed by atoms with Crippen LogP contribution in [-0.4, -0.2) is 23.0 Å². The molecule has 12 heavy (non-hydrogen) atoms. The van der Waals surface area contributed by atoms with Gasteiger partial charge in [0, 0.05) is 18.1 Å². The fourth-order valence-corrected chi connectivity index (χ4v) is 2.91. The molecule has 0 unspecified atom stereocenters. The van der Waals surface area contributed by atoms with E-state index in [1.807, 2.05) is 0 Å². The molecule has 2 aliphatic rings. The van der Waals surface area contributed by atoms with E-state index in [1.54, 1.807) is 0 Å². The molecule has 1 heterocycles. The van der Waals surface area contributed by atoms with Gasteiger partial charge in [0.2, 0.25) is 0 Å². The molecule has 1 heteroatoms. The maximum Gasteiger partial charge on any atom is 0.0134 e. The number of likely N-dealkylation sites (tertiary alicyclic amines) is 1. The van der Waals surface area contributed by atoms with Gasteiger partial charge in [-0.1, -0.05) is 13.8 Å². The minimum Gasteiger partial charge on any atom is -0.294 e. The summed E-state index contributed by atoms with van der Waals surface area (Å²) in [5.74, 6) is 1.92. The van der Waals surface area contributed by atoms with E-state index in [9.17, 15) is 0 Å². The van der Waals surface area contributed by atoms with Crippen molar-refractivity contribution in [2.45, 2.75) is 58.7 Å². The van der Waals surface area contributed by atoms with E-state index in [4.69, 9.17) is 0 Å². The van der Waals surface area contributed by atoms with E-state index >= 15 is 0 Å². The summed E-state index contributed by atoms with van der Waals surface area (Å²) < 4.78 is 0. The van der Waals surface area contributed by atoms with E-state index in [1.165, 1.54) is 12.8 Å². The Hall–Kier alpha value is -0.0400. The maximum atomic E-state index is 2.76. The highest BCUT2D eigenvalue weighted by Gasteiger charge is 2.52. The smallest absolute Gasteiger partial charge is 0.0134 e. The molecule has 3 atom stereocenters. The zero-order chi connectivity index (χ0) is 8.88. The molecular formula is C11H21N. The van der Waals surface area contributed by atoms with Crippen molar-refractivity contribution >= 4 is 0 Å². The summed E-state index contributed by atoms with van der Waals surface area (Å²) in [6, 6.07) is 2.61. The van der Waals surface area contributed by atoms with Crippen LogP contribution in [0.15, 0.2) is 0 Å². The number of nitrogens with zero attached hydrogens (tertiary/aromatic N) is 1. The molecule has 2 fully saturated rings. The molecule has 0 spiro atoms. The first kappa shape index (κ1) is 8.55. The Labute approximate surface area is 76.1 Å². The first-order valence-corrected chi connectivity index (χ1v) is 5.38. The van der Waals surface area contributed by atoms with E-state index in [0.29, 0.717) is 0 Å². The highest BCUT2D eigenvalue weighted by Crippen LogP contribution is 2.50. The van der Waals surface area contributed by atoms with Gasteiger partial charge in [-0.3, -0.25) is 4.90 Å². The zero-order valence-corrected chi connectivity index (χ0v) is 8.75. The van der Waals surface area contributed by atoms with Crippen LogP contribution in [-0.2, 0) is 0 Å². The Bertz CT molecular complexity index is 174. The topological polar surface area (TPSA) is 3.24 Å². The highest BCUT2D eigenvalue weighted by molar-refractivity contribution is 5.07. The standard InChI is InChI=1S/C11H21N/c1-7(2)10-5-9-6-11(9)12(10)8(3)4/h7-11H,5-6H2,1-4H3/t9-,10-,11+/m0/s1. The molecule has 0 aromatic rings. The van der Waals surface area contributed by atoms with Crippen molar-refractivity contribution in [2.75, 3.05) is 0 Å². The molecule has 70 valence electrons. The molecule has 0 bridgehead atoms. The van der Waals surface area contributed by atoms with Gasteiger partial charge in [-0.15, -0.1) is 0 Å². The van der Waals surface area contributed by atoms with Crippen LogP contribution < -0.4 is 0 Å². The SMILES string of the molecule is CC(C)[C@@H]1C[C@H]2C[C@H]2N1C(C)C. The highest BCUT2D eigenvalue weighted by atomic mass is 15.3. The van der Waals surface area contributed by atoms with E-state index in [2.05, 4.69) is 32.6 Å². The molecule has 1 nitrogen and oxygen atoms in total. The molecule has 1 saturated carbocycles. The largest absolute Gasteiger partial charge is 0.294 e. The molecule has 0 aromatic carbocycles. The predicted octanol–water partition coefficient (Wildman–Crippen LogP) is 2.51. The second-order valence-corrected chi connectivity index (χ2v) is 5.15. The first-order valence-electron chi connectivity index (χ1n) is 5.38. The van der Waals surface area contributed by atoms with E-state index < -0.39 is 0 Å². The van der Waals surface area contributed by atoms with Gasteiger partial charge in [-0.25, -0.2) is 0 Å². The maximum absolute atomic E-state index is 2.76.